The summed E-state index contributed by atoms with van der Waals surface area (Å²) < 4.78 is 11.0. The predicted octanol–water partition coefficient (Wildman–Crippen LogP) is 5.98. The second-order valence-corrected chi connectivity index (χ2v) is 7.53. The maximum Gasteiger partial charge on any atom is 0.338 e. The smallest absolute Gasteiger partial charge is 0.338 e. The minimum atomic E-state index is -0.235. The normalized spacial score (nSPS) is 11.1. The Morgan fingerprint density at radius 1 is 0.885 bits per heavy atom. The molecule has 0 aliphatic heterocycles. The first-order chi connectivity index (χ1) is 12.6. The topological polar surface area (TPSA) is 35.5 Å². The number of hydrogen-bond donors (Lipinski definition) is 0. The van der Waals surface area contributed by atoms with Gasteiger partial charge in [-0.15, -0.1) is 0 Å². The molecule has 0 saturated heterocycles. The van der Waals surface area contributed by atoms with Gasteiger partial charge in [-0.1, -0.05) is 65.9 Å². The molecular weight excluding hydrogens is 324 g/mol. The van der Waals surface area contributed by atoms with Crippen molar-refractivity contribution in [3.8, 4) is 0 Å². The van der Waals surface area contributed by atoms with E-state index in [-0.39, 0.29) is 5.97 Å². The lowest BCUT2D eigenvalue weighted by Crippen LogP contribution is -2.12. The molecular formula is C23H38O3. The monoisotopic (exact) mass is 362 g/mol. The van der Waals surface area contributed by atoms with Crippen LogP contribution in [0.3, 0.4) is 0 Å². The highest BCUT2D eigenvalue weighted by atomic mass is 16.6. The Bertz CT molecular complexity index is 484. The standard InChI is InChI=1S/C23H38O3/c1-5-10-20-16-21(11-6-2)18-22(17-20)23(24)26-15-14-25-13-9-7-8-12-19(3)4/h16-19H,5-15H2,1-4H3. The van der Waals surface area contributed by atoms with Gasteiger partial charge in [-0.3, -0.25) is 0 Å². The van der Waals surface area contributed by atoms with Gasteiger partial charge in [-0.25, -0.2) is 4.79 Å². The van der Waals surface area contributed by atoms with Gasteiger partial charge in [0, 0.05) is 6.61 Å². The Morgan fingerprint density at radius 3 is 2.12 bits per heavy atom. The zero-order valence-corrected chi connectivity index (χ0v) is 17.3. The first-order valence-corrected chi connectivity index (χ1v) is 10.4. The van der Waals surface area contributed by atoms with Crippen molar-refractivity contribution in [2.24, 2.45) is 5.92 Å². The summed E-state index contributed by atoms with van der Waals surface area (Å²) in [5, 5.41) is 0. The van der Waals surface area contributed by atoms with Gasteiger partial charge in [0.2, 0.25) is 0 Å². The van der Waals surface area contributed by atoms with Crippen molar-refractivity contribution in [1.29, 1.82) is 0 Å². The summed E-state index contributed by atoms with van der Waals surface area (Å²) in [7, 11) is 0. The third-order valence-electron chi connectivity index (χ3n) is 4.40. The van der Waals surface area contributed by atoms with E-state index >= 15 is 0 Å². The Hall–Kier alpha value is -1.35. The highest BCUT2D eigenvalue weighted by Gasteiger charge is 2.10. The molecule has 0 amide bonds. The molecule has 1 aromatic rings. The van der Waals surface area contributed by atoms with E-state index in [0.29, 0.717) is 18.8 Å². The summed E-state index contributed by atoms with van der Waals surface area (Å²) in [4.78, 5) is 12.3. The van der Waals surface area contributed by atoms with Crippen LogP contribution in [0.4, 0.5) is 0 Å². The SMILES string of the molecule is CCCc1cc(CCC)cc(C(=O)OCCOCCCCCC(C)C)c1. The van der Waals surface area contributed by atoms with Gasteiger partial charge >= 0.3 is 5.97 Å². The van der Waals surface area contributed by atoms with E-state index in [4.69, 9.17) is 9.47 Å². The van der Waals surface area contributed by atoms with Crippen LogP contribution >= 0.6 is 0 Å². The van der Waals surface area contributed by atoms with Crippen LogP contribution in [-0.2, 0) is 22.3 Å². The van der Waals surface area contributed by atoms with E-state index in [1.54, 1.807) is 0 Å². The van der Waals surface area contributed by atoms with E-state index < -0.39 is 0 Å². The van der Waals surface area contributed by atoms with Gasteiger partial charge < -0.3 is 9.47 Å². The first-order valence-electron chi connectivity index (χ1n) is 10.4. The van der Waals surface area contributed by atoms with Gasteiger partial charge in [-0.05, 0) is 48.4 Å². The zero-order chi connectivity index (χ0) is 19.2. The van der Waals surface area contributed by atoms with Crippen molar-refractivity contribution in [3.05, 3.63) is 34.9 Å². The number of ether oxygens (including phenoxy) is 2. The fourth-order valence-corrected chi connectivity index (χ4v) is 3.06. The molecule has 3 heteroatoms. The van der Waals surface area contributed by atoms with Crippen LogP contribution in [-0.4, -0.2) is 25.8 Å². The van der Waals surface area contributed by atoms with Crippen LogP contribution in [0.2, 0.25) is 0 Å². The van der Waals surface area contributed by atoms with Gasteiger partial charge in [0.25, 0.3) is 0 Å². The van der Waals surface area contributed by atoms with Crippen LogP contribution < -0.4 is 0 Å². The Labute approximate surface area is 160 Å². The van der Waals surface area contributed by atoms with Crippen molar-refractivity contribution in [3.63, 3.8) is 0 Å². The molecule has 0 saturated carbocycles. The van der Waals surface area contributed by atoms with Gasteiger partial charge in [0.05, 0.1) is 12.2 Å². The first kappa shape index (κ1) is 22.7. The quantitative estimate of drug-likeness (QED) is 0.301. The Kier molecular flexibility index (Phi) is 12.0. The second kappa shape index (κ2) is 13.8. The molecule has 26 heavy (non-hydrogen) atoms. The average Bonchev–Trinajstić information content (AvgIpc) is 2.60. The molecule has 0 heterocycles. The molecule has 0 bridgehead atoms. The van der Waals surface area contributed by atoms with Crippen molar-refractivity contribution < 1.29 is 14.3 Å². The molecule has 0 aliphatic carbocycles. The number of carbonyl (C=O) groups excluding carboxylic acids is 1. The number of carbonyl (C=O) groups is 1. The Balaban J connectivity index is 2.30. The minimum Gasteiger partial charge on any atom is -0.460 e. The molecule has 148 valence electrons. The van der Waals surface area contributed by atoms with Crippen molar-refractivity contribution in [2.45, 2.75) is 79.1 Å². The maximum absolute atomic E-state index is 12.3. The highest BCUT2D eigenvalue weighted by Crippen LogP contribution is 2.15. The lowest BCUT2D eigenvalue weighted by molar-refractivity contribution is 0.0312. The average molecular weight is 363 g/mol. The van der Waals surface area contributed by atoms with Gasteiger partial charge in [0.1, 0.15) is 6.61 Å². The fourth-order valence-electron chi connectivity index (χ4n) is 3.06. The lowest BCUT2D eigenvalue weighted by atomic mass is 10.00. The number of aryl methyl sites for hydroxylation is 2. The molecule has 0 fully saturated rings. The molecule has 1 rings (SSSR count). The van der Waals surface area contributed by atoms with Crippen molar-refractivity contribution >= 4 is 5.97 Å². The largest absolute Gasteiger partial charge is 0.460 e. The number of unbranched alkanes of at least 4 members (excludes halogenated alkanes) is 2. The second-order valence-electron chi connectivity index (χ2n) is 7.53. The Morgan fingerprint density at radius 2 is 1.54 bits per heavy atom. The molecule has 0 radical (unpaired) electrons. The molecule has 1 aromatic carbocycles. The van der Waals surface area contributed by atoms with Gasteiger partial charge in [-0.2, -0.15) is 0 Å². The van der Waals surface area contributed by atoms with Crippen LogP contribution in [0.5, 0.6) is 0 Å². The molecule has 0 atom stereocenters. The van der Waals surface area contributed by atoms with Crippen LogP contribution in [0.1, 0.15) is 87.7 Å². The maximum atomic E-state index is 12.3. The zero-order valence-electron chi connectivity index (χ0n) is 17.3. The summed E-state index contributed by atoms with van der Waals surface area (Å²) in [5.74, 6) is 0.546. The van der Waals surface area contributed by atoms with E-state index in [2.05, 4.69) is 33.8 Å². The van der Waals surface area contributed by atoms with E-state index in [1.807, 2.05) is 12.1 Å². The highest BCUT2D eigenvalue weighted by molar-refractivity contribution is 5.89. The number of esters is 1. The summed E-state index contributed by atoms with van der Waals surface area (Å²) in [6, 6.07) is 6.16. The van der Waals surface area contributed by atoms with Crippen LogP contribution in [0, 0.1) is 5.92 Å². The predicted molar refractivity (Wildman–Crippen MR) is 109 cm³/mol. The van der Waals surface area contributed by atoms with Gasteiger partial charge in [0.15, 0.2) is 0 Å². The molecule has 0 aromatic heterocycles. The number of benzene rings is 1. The third-order valence-corrected chi connectivity index (χ3v) is 4.40. The summed E-state index contributed by atoms with van der Waals surface area (Å²) in [6.45, 7) is 10.4. The summed E-state index contributed by atoms with van der Waals surface area (Å²) in [6.07, 6.45) is 9.00. The molecule has 0 aliphatic rings. The molecule has 0 spiro atoms. The van der Waals surface area contributed by atoms with E-state index in [0.717, 1.165) is 44.6 Å². The van der Waals surface area contributed by atoms with Crippen LogP contribution in [0.15, 0.2) is 18.2 Å². The number of rotatable bonds is 14. The van der Waals surface area contributed by atoms with Crippen molar-refractivity contribution in [2.75, 3.05) is 19.8 Å². The third kappa shape index (κ3) is 9.96. The molecule has 3 nitrogen and oxygen atoms in total. The molecule has 0 unspecified atom stereocenters. The van der Waals surface area contributed by atoms with E-state index in [1.165, 1.54) is 30.4 Å². The number of hydrogen-bond acceptors (Lipinski definition) is 3. The lowest BCUT2D eigenvalue weighted by Gasteiger charge is -2.10. The molecule has 0 N–H and O–H groups in total. The van der Waals surface area contributed by atoms with E-state index in [9.17, 15) is 4.79 Å². The van der Waals surface area contributed by atoms with Crippen LogP contribution in [0.25, 0.3) is 0 Å². The van der Waals surface area contributed by atoms with Crippen molar-refractivity contribution in [1.82, 2.24) is 0 Å². The summed E-state index contributed by atoms with van der Waals surface area (Å²) in [5.41, 5.74) is 3.12. The fraction of sp³-hybridized carbons (Fsp3) is 0.696. The minimum absolute atomic E-state index is 0.235. The summed E-state index contributed by atoms with van der Waals surface area (Å²) >= 11 is 0.